The lowest BCUT2D eigenvalue weighted by atomic mass is 10.0. The molecule has 3 N–H and O–H groups in total. The highest BCUT2D eigenvalue weighted by Gasteiger charge is 2.19. The van der Waals surface area contributed by atoms with E-state index in [9.17, 15) is 9.18 Å². The van der Waals surface area contributed by atoms with Gasteiger partial charge in [-0.3, -0.25) is 0 Å². The van der Waals surface area contributed by atoms with Crippen molar-refractivity contribution in [2.75, 3.05) is 5.73 Å². The number of anilines is 1. The number of carbonyl (C=O) groups excluding carboxylic acids is 1. The van der Waals surface area contributed by atoms with Crippen molar-refractivity contribution in [1.82, 2.24) is 5.32 Å². The number of ether oxygens (including phenoxy) is 1. The van der Waals surface area contributed by atoms with Crippen LogP contribution >= 0.6 is 0 Å². The number of hydrogen-bond donors (Lipinski definition) is 2. The molecule has 19 heavy (non-hydrogen) atoms. The third-order valence-electron chi connectivity index (χ3n) is 2.59. The normalized spacial score (nSPS) is 12.9. The molecule has 0 saturated heterocycles. The van der Waals surface area contributed by atoms with Crippen molar-refractivity contribution in [3.05, 3.63) is 29.1 Å². The van der Waals surface area contributed by atoms with Gasteiger partial charge in [0.15, 0.2) is 0 Å². The van der Waals surface area contributed by atoms with Gasteiger partial charge in [0.2, 0.25) is 0 Å². The molecule has 0 radical (unpaired) electrons. The highest BCUT2D eigenvalue weighted by Crippen LogP contribution is 2.22. The lowest BCUT2D eigenvalue weighted by Gasteiger charge is -2.22. The van der Waals surface area contributed by atoms with E-state index in [1.54, 1.807) is 40.7 Å². The molecule has 0 aliphatic heterocycles. The van der Waals surface area contributed by atoms with E-state index in [2.05, 4.69) is 5.32 Å². The molecule has 1 aromatic carbocycles. The Kier molecular flexibility index (Phi) is 4.39. The first-order chi connectivity index (χ1) is 8.60. The Hall–Kier alpha value is -1.78. The molecule has 1 amide bonds. The van der Waals surface area contributed by atoms with Gasteiger partial charge in [-0.05, 0) is 51.8 Å². The van der Waals surface area contributed by atoms with Gasteiger partial charge in [-0.15, -0.1) is 0 Å². The first kappa shape index (κ1) is 15.3. The Bertz CT molecular complexity index is 458. The third kappa shape index (κ3) is 4.43. The second kappa shape index (κ2) is 5.47. The predicted octanol–water partition coefficient (Wildman–Crippen LogP) is 3.30. The van der Waals surface area contributed by atoms with Crippen molar-refractivity contribution in [1.29, 1.82) is 0 Å². The van der Waals surface area contributed by atoms with Crippen LogP contribution in [0.15, 0.2) is 12.1 Å². The summed E-state index contributed by atoms with van der Waals surface area (Å²) in [4.78, 5) is 11.6. The Labute approximate surface area is 113 Å². The van der Waals surface area contributed by atoms with Gasteiger partial charge in [0.25, 0.3) is 0 Å². The Morgan fingerprint density at radius 3 is 2.47 bits per heavy atom. The van der Waals surface area contributed by atoms with E-state index >= 15 is 0 Å². The number of benzene rings is 1. The minimum absolute atomic E-state index is 0.133. The molecule has 0 aliphatic rings. The smallest absolute Gasteiger partial charge is 0.408 e. The lowest BCUT2D eigenvalue weighted by Crippen LogP contribution is -2.34. The monoisotopic (exact) mass is 268 g/mol. The summed E-state index contributed by atoms with van der Waals surface area (Å²) < 4.78 is 18.7. The standard InChI is InChI=1S/C14H21FN2O2/c1-8-6-10(7-11(15)12(8)16)9(2)17-13(18)19-14(3,4)5/h6-7,9H,16H2,1-5H3,(H,17,18)/t9-/m1/s1. The van der Waals surface area contributed by atoms with E-state index in [0.717, 1.165) is 0 Å². The van der Waals surface area contributed by atoms with Crippen LogP contribution in [0.4, 0.5) is 14.9 Å². The summed E-state index contributed by atoms with van der Waals surface area (Å²) in [6, 6.07) is 2.72. The minimum Gasteiger partial charge on any atom is -0.444 e. The topological polar surface area (TPSA) is 64.3 Å². The summed E-state index contributed by atoms with van der Waals surface area (Å²) in [7, 11) is 0. The first-order valence-electron chi connectivity index (χ1n) is 6.15. The van der Waals surface area contributed by atoms with Gasteiger partial charge < -0.3 is 15.8 Å². The number of amides is 1. The minimum atomic E-state index is -0.563. The lowest BCUT2D eigenvalue weighted by molar-refractivity contribution is 0.0508. The summed E-state index contributed by atoms with van der Waals surface area (Å²) in [5.41, 5.74) is 6.41. The number of hydrogen-bond acceptors (Lipinski definition) is 3. The van der Waals surface area contributed by atoms with Crippen LogP contribution in [0.25, 0.3) is 0 Å². The van der Waals surface area contributed by atoms with Crippen molar-refractivity contribution in [3.63, 3.8) is 0 Å². The van der Waals surface area contributed by atoms with Crippen LogP contribution in [-0.2, 0) is 4.74 Å². The number of nitrogens with two attached hydrogens (primary N) is 1. The number of halogens is 1. The molecule has 106 valence electrons. The van der Waals surface area contributed by atoms with Crippen molar-refractivity contribution in [3.8, 4) is 0 Å². The molecule has 0 unspecified atom stereocenters. The summed E-state index contributed by atoms with van der Waals surface area (Å²) in [5.74, 6) is -0.479. The zero-order valence-electron chi connectivity index (χ0n) is 12.0. The summed E-state index contributed by atoms with van der Waals surface area (Å²) >= 11 is 0. The van der Waals surface area contributed by atoms with Crippen LogP contribution in [0.2, 0.25) is 0 Å². The average Bonchev–Trinajstić information content (AvgIpc) is 2.22. The second-order valence-corrected chi connectivity index (χ2v) is 5.60. The molecule has 0 fully saturated rings. The summed E-state index contributed by atoms with van der Waals surface area (Å²) in [6.07, 6.45) is -0.533. The largest absolute Gasteiger partial charge is 0.444 e. The van der Waals surface area contributed by atoms with Crippen LogP contribution < -0.4 is 11.1 Å². The molecule has 0 heterocycles. The average molecular weight is 268 g/mol. The van der Waals surface area contributed by atoms with Crippen LogP contribution in [0, 0.1) is 12.7 Å². The van der Waals surface area contributed by atoms with Crippen molar-refractivity contribution in [2.24, 2.45) is 0 Å². The van der Waals surface area contributed by atoms with Gasteiger partial charge in [0.05, 0.1) is 11.7 Å². The van der Waals surface area contributed by atoms with Gasteiger partial charge in [0.1, 0.15) is 11.4 Å². The third-order valence-corrected chi connectivity index (χ3v) is 2.59. The number of alkyl carbamates (subject to hydrolysis) is 1. The predicted molar refractivity (Wildman–Crippen MR) is 73.3 cm³/mol. The molecule has 0 spiro atoms. The maximum atomic E-state index is 13.5. The number of aryl methyl sites for hydroxylation is 1. The Balaban J connectivity index is 2.79. The zero-order valence-corrected chi connectivity index (χ0v) is 12.0. The molecule has 0 saturated carbocycles. The van der Waals surface area contributed by atoms with Gasteiger partial charge in [-0.1, -0.05) is 6.07 Å². The van der Waals surface area contributed by atoms with Crippen LogP contribution in [-0.4, -0.2) is 11.7 Å². The first-order valence-corrected chi connectivity index (χ1v) is 6.15. The zero-order chi connectivity index (χ0) is 14.8. The fourth-order valence-electron chi connectivity index (χ4n) is 1.60. The molecular formula is C14H21FN2O2. The highest BCUT2D eigenvalue weighted by atomic mass is 19.1. The SMILES string of the molecule is Cc1cc([C@@H](C)NC(=O)OC(C)(C)C)cc(F)c1N. The quantitative estimate of drug-likeness (QED) is 0.809. The van der Waals surface area contributed by atoms with Crippen molar-refractivity contribution in [2.45, 2.75) is 46.3 Å². The number of carbonyl (C=O) groups is 1. The number of nitrogen functional groups attached to an aromatic ring is 1. The van der Waals surface area contributed by atoms with Crippen LogP contribution in [0.5, 0.6) is 0 Å². The van der Waals surface area contributed by atoms with E-state index in [4.69, 9.17) is 10.5 Å². The molecule has 1 atom stereocenters. The fourth-order valence-corrected chi connectivity index (χ4v) is 1.60. The summed E-state index contributed by atoms with van der Waals surface area (Å²) in [6.45, 7) is 8.83. The molecule has 0 aliphatic carbocycles. The molecule has 1 aromatic rings. The van der Waals surface area contributed by atoms with Gasteiger partial charge >= 0.3 is 6.09 Å². The molecule has 0 bridgehead atoms. The maximum Gasteiger partial charge on any atom is 0.408 e. The van der Waals surface area contributed by atoms with E-state index in [0.29, 0.717) is 11.1 Å². The van der Waals surface area contributed by atoms with Crippen LogP contribution in [0.1, 0.15) is 44.9 Å². The Morgan fingerprint density at radius 2 is 2.00 bits per heavy atom. The van der Waals surface area contributed by atoms with E-state index in [-0.39, 0.29) is 11.7 Å². The van der Waals surface area contributed by atoms with E-state index < -0.39 is 17.5 Å². The molecule has 1 rings (SSSR count). The highest BCUT2D eigenvalue weighted by molar-refractivity contribution is 5.68. The van der Waals surface area contributed by atoms with E-state index in [1.807, 2.05) is 0 Å². The van der Waals surface area contributed by atoms with Gasteiger partial charge in [-0.2, -0.15) is 0 Å². The van der Waals surface area contributed by atoms with E-state index in [1.165, 1.54) is 6.07 Å². The van der Waals surface area contributed by atoms with Crippen molar-refractivity contribution < 1.29 is 13.9 Å². The van der Waals surface area contributed by atoms with Crippen molar-refractivity contribution >= 4 is 11.8 Å². The fraction of sp³-hybridized carbons (Fsp3) is 0.500. The molecular weight excluding hydrogens is 247 g/mol. The van der Waals surface area contributed by atoms with Gasteiger partial charge in [0, 0.05) is 0 Å². The Morgan fingerprint density at radius 1 is 1.42 bits per heavy atom. The summed E-state index contributed by atoms with van der Waals surface area (Å²) in [5, 5.41) is 2.66. The molecule has 5 heteroatoms. The number of rotatable bonds is 2. The second-order valence-electron chi connectivity index (χ2n) is 5.60. The molecule has 0 aromatic heterocycles. The van der Waals surface area contributed by atoms with Crippen LogP contribution in [0.3, 0.4) is 0 Å². The maximum absolute atomic E-state index is 13.5. The van der Waals surface area contributed by atoms with Gasteiger partial charge in [-0.25, -0.2) is 9.18 Å². The molecule has 4 nitrogen and oxygen atoms in total. The number of nitrogens with one attached hydrogen (secondary N) is 1.